The number of aromatic nitrogens is 2. The van der Waals surface area contributed by atoms with Gasteiger partial charge >= 0.3 is 12.1 Å². The number of aliphatic hydroxyl groups is 1. The number of nitrogens with zero attached hydrogens (tertiary/aromatic N) is 2. The zero-order valence-electron chi connectivity index (χ0n) is 19.8. The number of aliphatic hydroxyl groups excluding tert-OH is 1. The van der Waals surface area contributed by atoms with Crippen LogP contribution in [0.1, 0.15) is 23.1 Å². The number of carboxylic acid groups (broad SMARTS) is 1. The van der Waals surface area contributed by atoms with Crippen LogP contribution < -0.4 is 5.32 Å². The number of carboxylic acids is 1. The summed E-state index contributed by atoms with van der Waals surface area (Å²) in [5, 5.41) is 24.9. The first-order valence-corrected chi connectivity index (χ1v) is 11.4. The van der Waals surface area contributed by atoms with Crippen molar-refractivity contribution in [2.75, 3.05) is 6.61 Å². The van der Waals surface area contributed by atoms with Gasteiger partial charge in [0.2, 0.25) is 5.82 Å². The summed E-state index contributed by atoms with van der Waals surface area (Å²) in [5.41, 5.74) is 2.02. The Morgan fingerprint density at radius 2 is 1.73 bits per heavy atom. The largest absolute Gasteiger partial charge is 0.480 e. The number of aliphatic carboxylic acids is 1. The molecule has 0 fully saturated rings. The highest BCUT2D eigenvalue weighted by molar-refractivity contribution is 5.75. The van der Waals surface area contributed by atoms with Crippen LogP contribution in [0.5, 0.6) is 0 Å². The summed E-state index contributed by atoms with van der Waals surface area (Å²) in [5.74, 6) is -0.892. The SMILES string of the molecule is Cc1ccccc1-c1ccc(-c2nc(-c3ccc(CN[C@@H](CCO)C(=O)O)cc3)no2)cc1C(F)(F)F. The van der Waals surface area contributed by atoms with Crippen LogP contribution in [0.15, 0.2) is 71.3 Å². The van der Waals surface area contributed by atoms with Crippen LogP contribution in [0.3, 0.4) is 0 Å². The molecule has 0 unspecified atom stereocenters. The Bertz CT molecular complexity index is 1380. The molecule has 3 aromatic carbocycles. The van der Waals surface area contributed by atoms with E-state index >= 15 is 0 Å². The molecule has 7 nitrogen and oxygen atoms in total. The Morgan fingerprint density at radius 1 is 1.03 bits per heavy atom. The Balaban J connectivity index is 1.56. The van der Waals surface area contributed by atoms with Crippen molar-refractivity contribution in [2.45, 2.75) is 32.1 Å². The van der Waals surface area contributed by atoms with Crippen molar-refractivity contribution < 1.29 is 32.7 Å². The second-order valence-corrected chi connectivity index (χ2v) is 8.48. The average molecular weight is 512 g/mol. The first-order chi connectivity index (χ1) is 17.7. The average Bonchev–Trinajstić information content (AvgIpc) is 3.36. The quantitative estimate of drug-likeness (QED) is 0.279. The van der Waals surface area contributed by atoms with Gasteiger partial charge in [-0.2, -0.15) is 18.2 Å². The first kappa shape index (κ1) is 26.1. The molecule has 1 aromatic heterocycles. The predicted octanol–water partition coefficient (Wildman–Crippen LogP) is 5.32. The molecule has 0 aliphatic carbocycles. The normalized spacial score (nSPS) is 12.5. The summed E-state index contributed by atoms with van der Waals surface area (Å²) in [4.78, 5) is 15.5. The molecule has 0 amide bonds. The van der Waals surface area contributed by atoms with Crippen molar-refractivity contribution in [1.29, 1.82) is 0 Å². The fourth-order valence-electron chi connectivity index (χ4n) is 3.93. The van der Waals surface area contributed by atoms with E-state index in [1.165, 1.54) is 12.1 Å². The molecule has 0 radical (unpaired) electrons. The van der Waals surface area contributed by atoms with Gasteiger partial charge in [-0.15, -0.1) is 0 Å². The van der Waals surface area contributed by atoms with Gasteiger partial charge in [0.25, 0.3) is 5.89 Å². The number of halogens is 3. The molecular formula is C27H24F3N3O4. The molecule has 3 N–H and O–H groups in total. The second-order valence-electron chi connectivity index (χ2n) is 8.48. The van der Waals surface area contributed by atoms with E-state index in [4.69, 9.17) is 14.7 Å². The Labute approximate surface area is 210 Å². The van der Waals surface area contributed by atoms with Crippen molar-refractivity contribution in [3.63, 3.8) is 0 Å². The summed E-state index contributed by atoms with van der Waals surface area (Å²) in [6.07, 6.45) is -4.50. The molecule has 0 aliphatic rings. The third kappa shape index (κ3) is 6.04. The van der Waals surface area contributed by atoms with Gasteiger partial charge in [-0.1, -0.05) is 59.8 Å². The Kier molecular flexibility index (Phi) is 7.70. The topological polar surface area (TPSA) is 108 Å². The maximum absolute atomic E-state index is 14.0. The van der Waals surface area contributed by atoms with Crippen molar-refractivity contribution in [3.05, 3.63) is 83.4 Å². The molecule has 0 saturated heterocycles. The zero-order valence-corrected chi connectivity index (χ0v) is 19.8. The van der Waals surface area contributed by atoms with E-state index in [1.807, 2.05) is 0 Å². The van der Waals surface area contributed by atoms with Gasteiger partial charge in [0.15, 0.2) is 0 Å². The lowest BCUT2D eigenvalue weighted by atomic mass is 9.94. The standard InChI is InChI=1S/C27H24F3N3O4/c1-16-4-2-3-5-20(16)21-11-10-19(14-22(21)27(28,29)30)25-32-24(33-37-25)18-8-6-17(7-9-18)15-31-23(12-13-34)26(35)36/h2-11,14,23,31,34H,12-13,15H2,1H3,(H,35,36)/t23-/m0/s1. The molecular weight excluding hydrogens is 487 g/mol. The molecule has 0 spiro atoms. The van der Waals surface area contributed by atoms with Gasteiger partial charge in [-0.25, -0.2) is 0 Å². The maximum atomic E-state index is 14.0. The van der Waals surface area contributed by atoms with E-state index in [0.717, 1.165) is 17.2 Å². The van der Waals surface area contributed by atoms with Crippen LogP contribution in [0.2, 0.25) is 0 Å². The van der Waals surface area contributed by atoms with Crippen LogP contribution in [-0.4, -0.2) is 39.0 Å². The zero-order chi connectivity index (χ0) is 26.6. The van der Waals surface area contributed by atoms with Gasteiger partial charge < -0.3 is 20.1 Å². The number of benzene rings is 3. The molecule has 4 aromatic rings. The molecule has 10 heteroatoms. The van der Waals surface area contributed by atoms with E-state index in [9.17, 15) is 18.0 Å². The number of hydrogen-bond acceptors (Lipinski definition) is 6. The fourth-order valence-corrected chi connectivity index (χ4v) is 3.93. The van der Waals surface area contributed by atoms with Crippen LogP contribution in [0.4, 0.5) is 13.2 Å². The number of nitrogens with one attached hydrogen (secondary N) is 1. The summed E-state index contributed by atoms with van der Waals surface area (Å²) in [6.45, 7) is 1.78. The summed E-state index contributed by atoms with van der Waals surface area (Å²) in [7, 11) is 0. The van der Waals surface area contributed by atoms with Gasteiger partial charge in [0.1, 0.15) is 6.04 Å². The van der Waals surface area contributed by atoms with Crippen LogP contribution in [-0.2, 0) is 17.5 Å². The molecule has 1 atom stereocenters. The Morgan fingerprint density at radius 3 is 2.38 bits per heavy atom. The van der Waals surface area contributed by atoms with E-state index in [-0.39, 0.29) is 42.4 Å². The monoisotopic (exact) mass is 511 g/mol. The van der Waals surface area contributed by atoms with E-state index in [0.29, 0.717) is 11.1 Å². The van der Waals surface area contributed by atoms with Gasteiger partial charge in [0, 0.05) is 24.3 Å². The first-order valence-electron chi connectivity index (χ1n) is 11.4. The third-order valence-electron chi connectivity index (χ3n) is 5.91. The fraction of sp³-hybridized carbons (Fsp3) is 0.222. The smallest absolute Gasteiger partial charge is 0.417 e. The maximum Gasteiger partial charge on any atom is 0.417 e. The molecule has 192 valence electrons. The van der Waals surface area contributed by atoms with Crippen molar-refractivity contribution in [1.82, 2.24) is 15.5 Å². The van der Waals surface area contributed by atoms with Crippen molar-refractivity contribution in [3.8, 4) is 34.0 Å². The van der Waals surface area contributed by atoms with Gasteiger partial charge in [0.05, 0.1) is 5.56 Å². The van der Waals surface area contributed by atoms with Crippen LogP contribution >= 0.6 is 0 Å². The number of aryl methyl sites for hydroxylation is 1. The van der Waals surface area contributed by atoms with Crippen LogP contribution in [0, 0.1) is 6.92 Å². The lowest BCUT2D eigenvalue weighted by Crippen LogP contribution is -2.36. The third-order valence-corrected chi connectivity index (χ3v) is 5.91. The number of hydrogen-bond donors (Lipinski definition) is 3. The van der Waals surface area contributed by atoms with E-state index in [2.05, 4.69) is 15.5 Å². The predicted molar refractivity (Wildman–Crippen MR) is 130 cm³/mol. The second kappa shape index (κ2) is 10.9. The van der Waals surface area contributed by atoms with Gasteiger partial charge in [-0.05, 0) is 47.7 Å². The highest BCUT2D eigenvalue weighted by Gasteiger charge is 2.34. The molecule has 1 heterocycles. The van der Waals surface area contributed by atoms with Crippen LogP contribution in [0.25, 0.3) is 34.0 Å². The summed E-state index contributed by atoms with van der Waals surface area (Å²) in [6, 6.07) is 16.8. The van der Waals surface area contributed by atoms with E-state index in [1.54, 1.807) is 55.5 Å². The highest BCUT2D eigenvalue weighted by Crippen LogP contribution is 2.40. The number of alkyl halides is 3. The van der Waals surface area contributed by atoms with Crippen molar-refractivity contribution in [2.24, 2.45) is 0 Å². The number of carbonyl (C=O) groups is 1. The minimum absolute atomic E-state index is 0.0455. The lowest BCUT2D eigenvalue weighted by molar-refractivity contribution is -0.140. The lowest BCUT2D eigenvalue weighted by Gasteiger charge is -2.15. The number of rotatable bonds is 9. The summed E-state index contributed by atoms with van der Waals surface area (Å²) < 4.78 is 47.1. The highest BCUT2D eigenvalue weighted by atomic mass is 19.4. The molecule has 4 rings (SSSR count). The summed E-state index contributed by atoms with van der Waals surface area (Å²) >= 11 is 0. The minimum atomic E-state index is -4.59. The van der Waals surface area contributed by atoms with E-state index < -0.39 is 23.8 Å². The molecule has 0 bridgehead atoms. The molecule has 0 saturated carbocycles. The Hall–Kier alpha value is -4.02. The molecule has 0 aliphatic heterocycles. The van der Waals surface area contributed by atoms with Crippen molar-refractivity contribution >= 4 is 5.97 Å². The van der Waals surface area contributed by atoms with Gasteiger partial charge in [-0.3, -0.25) is 4.79 Å². The minimum Gasteiger partial charge on any atom is -0.480 e. The molecule has 37 heavy (non-hydrogen) atoms.